The van der Waals surface area contributed by atoms with Crippen LogP contribution in [0, 0.1) is 5.82 Å². The van der Waals surface area contributed by atoms with Gasteiger partial charge in [-0.3, -0.25) is 4.72 Å². The zero-order valence-corrected chi connectivity index (χ0v) is 17.0. The van der Waals surface area contributed by atoms with Crippen LogP contribution >= 0.6 is 0 Å². The lowest BCUT2D eigenvalue weighted by molar-refractivity contribution is 0.200. The van der Waals surface area contributed by atoms with Gasteiger partial charge in [0.05, 0.1) is 6.26 Å². The van der Waals surface area contributed by atoms with Crippen molar-refractivity contribution in [1.82, 2.24) is 4.90 Å². The van der Waals surface area contributed by atoms with Gasteiger partial charge < -0.3 is 4.90 Å². The lowest BCUT2D eigenvalue weighted by Crippen LogP contribution is -2.35. The summed E-state index contributed by atoms with van der Waals surface area (Å²) >= 11 is 0. The summed E-state index contributed by atoms with van der Waals surface area (Å²) in [4.78, 5) is 2.52. The second-order valence-corrected chi connectivity index (χ2v) is 9.90. The maximum Gasteiger partial charge on any atom is 0.229 e. The van der Waals surface area contributed by atoms with Gasteiger partial charge in [-0.15, -0.1) is 0 Å². The van der Waals surface area contributed by atoms with Crippen LogP contribution in [0.4, 0.5) is 10.1 Å². The zero-order valence-electron chi connectivity index (χ0n) is 16.2. The summed E-state index contributed by atoms with van der Waals surface area (Å²) in [5, 5.41) is 0. The molecule has 1 heterocycles. The molecule has 0 saturated carbocycles. The molecule has 1 atom stereocenters. The van der Waals surface area contributed by atoms with Crippen LogP contribution in [0.2, 0.25) is 0 Å². The van der Waals surface area contributed by atoms with E-state index in [1.807, 2.05) is 24.3 Å². The first-order valence-electron chi connectivity index (χ1n) is 9.96. The maximum atomic E-state index is 13.1. The number of sulfonamides is 1. The molecule has 28 heavy (non-hydrogen) atoms. The molecule has 1 unspecified atom stereocenters. The molecule has 1 N–H and O–H groups in total. The van der Waals surface area contributed by atoms with Gasteiger partial charge >= 0.3 is 0 Å². The molecule has 1 aliphatic heterocycles. The van der Waals surface area contributed by atoms with Gasteiger partial charge in [0.2, 0.25) is 10.0 Å². The molecular formula is C22H27FN2O2S. The van der Waals surface area contributed by atoms with Gasteiger partial charge in [0.1, 0.15) is 5.82 Å². The van der Waals surface area contributed by atoms with Crippen LogP contribution in [0.15, 0.2) is 42.5 Å². The van der Waals surface area contributed by atoms with Gasteiger partial charge in [-0.2, -0.15) is 0 Å². The Hall–Kier alpha value is -1.92. The average Bonchev–Trinajstić information content (AvgIpc) is 3.04. The minimum Gasteiger partial charge on any atom is -0.303 e. The number of fused-ring (bicyclic) bond motifs is 1. The monoisotopic (exact) mass is 402 g/mol. The summed E-state index contributed by atoms with van der Waals surface area (Å²) in [5.74, 6) is 0.794. The molecule has 2 aromatic carbocycles. The van der Waals surface area contributed by atoms with Gasteiger partial charge in [0.25, 0.3) is 0 Å². The average molecular weight is 403 g/mol. The number of likely N-dealkylation sites (tertiary alicyclic amines) is 1. The van der Waals surface area contributed by atoms with E-state index < -0.39 is 10.0 Å². The van der Waals surface area contributed by atoms with Crippen molar-refractivity contribution in [2.75, 3.05) is 30.6 Å². The standard InChI is InChI=1S/C22H27FN2O2S/c1-28(26,27)24-21-9-6-18-2-3-19(22(18)14-21)15-25-12-10-17(11-13-25)16-4-7-20(23)8-5-16/h4-9,14,17,19,24H,2-3,10-13,15H2,1H3. The van der Waals surface area contributed by atoms with E-state index >= 15 is 0 Å². The molecular weight excluding hydrogens is 375 g/mol. The van der Waals surface area contributed by atoms with E-state index in [1.165, 1.54) is 22.9 Å². The molecule has 2 aromatic rings. The van der Waals surface area contributed by atoms with E-state index in [4.69, 9.17) is 0 Å². The third-order valence-corrected chi connectivity index (χ3v) is 6.67. The van der Waals surface area contributed by atoms with Crippen molar-refractivity contribution < 1.29 is 12.8 Å². The van der Waals surface area contributed by atoms with Crippen LogP contribution in [0.1, 0.15) is 47.8 Å². The lowest BCUT2D eigenvalue weighted by atomic mass is 9.89. The molecule has 4 rings (SSSR count). The fourth-order valence-electron chi connectivity index (χ4n) is 4.65. The third-order valence-electron chi connectivity index (χ3n) is 6.06. The van der Waals surface area contributed by atoms with Crippen molar-refractivity contribution in [3.05, 3.63) is 65.0 Å². The first-order valence-corrected chi connectivity index (χ1v) is 11.8. The quantitative estimate of drug-likeness (QED) is 0.819. The second kappa shape index (κ2) is 7.84. The number of halogens is 1. The van der Waals surface area contributed by atoms with Gasteiger partial charge in [-0.25, -0.2) is 12.8 Å². The summed E-state index contributed by atoms with van der Waals surface area (Å²) in [7, 11) is -3.26. The molecule has 0 amide bonds. The fraction of sp³-hybridized carbons (Fsp3) is 0.455. The largest absolute Gasteiger partial charge is 0.303 e. The van der Waals surface area contributed by atoms with E-state index in [1.54, 1.807) is 12.1 Å². The molecule has 0 radical (unpaired) electrons. The fourth-order valence-corrected chi connectivity index (χ4v) is 5.21. The summed E-state index contributed by atoms with van der Waals surface area (Å²) in [6.45, 7) is 3.12. The number of hydrogen-bond acceptors (Lipinski definition) is 3. The molecule has 1 fully saturated rings. The molecule has 0 aromatic heterocycles. The number of piperidine rings is 1. The van der Waals surface area contributed by atoms with Crippen LogP contribution < -0.4 is 4.72 Å². The van der Waals surface area contributed by atoms with Crippen molar-refractivity contribution >= 4 is 15.7 Å². The number of anilines is 1. The van der Waals surface area contributed by atoms with Crippen molar-refractivity contribution in [1.29, 1.82) is 0 Å². The Morgan fingerprint density at radius 2 is 1.79 bits per heavy atom. The first-order chi connectivity index (χ1) is 13.4. The lowest BCUT2D eigenvalue weighted by Gasteiger charge is -2.34. The van der Waals surface area contributed by atoms with Crippen molar-refractivity contribution in [2.24, 2.45) is 0 Å². The SMILES string of the molecule is CS(=O)(=O)Nc1ccc2c(c1)C(CN1CCC(c3ccc(F)cc3)CC1)CC2. The van der Waals surface area contributed by atoms with E-state index in [2.05, 4.69) is 15.7 Å². The topological polar surface area (TPSA) is 49.4 Å². The maximum absolute atomic E-state index is 13.1. The molecule has 1 saturated heterocycles. The number of rotatable bonds is 5. The van der Waals surface area contributed by atoms with Gasteiger partial charge in [-0.05, 0) is 91.6 Å². The van der Waals surface area contributed by atoms with Crippen LogP contribution in [0.5, 0.6) is 0 Å². The summed E-state index contributed by atoms with van der Waals surface area (Å²) in [6, 6.07) is 12.9. The third kappa shape index (κ3) is 4.55. The normalized spacial score (nSPS) is 20.9. The molecule has 4 nitrogen and oxygen atoms in total. The highest BCUT2D eigenvalue weighted by Gasteiger charge is 2.27. The Balaban J connectivity index is 1.38. The van der Waals surface area contributed by atoms with E-state index in [9.17, 15) is 12.8 Å². The molecule has 0 spiro atoms. The minimum atomic E-state index is -3.26. The Bertz CT molecular complexity index is 936. The second-order valence-electron chi connectivity index (χ2n) is 8.15. The van der Waals surface area contributed by atoms with Crippen molar-refractivity contribution in [3.63, 3.8) is 0 Å². The molecule has 0 bridgehead atoms. The number of benzene rings is 2. The molecule has 1 aliphatic carbocycles. The molecule has 150 valence electrons. The summed E-state index contributed by atoms with van der Waals surface area (Å²) in [5.41, 5.74) is 4.52. The highest BCUT2D eigenvalue weighted by molar-refractivity contribution is 7.92. The number of nitrogens with one attached hydrogen (secondary N) is 1. The smallest absolute Gasteiger partial charge is 0.229 e. The van der Waals surface area contributed by atoms with Gasteiger partial charge in [0, 0.05) is 12.2 Å². The highest BCUT2D eigenvalue weighted by Crippen LogP contribution is 2.37. The Morgan fingerprint density at radius 3 is 2.46 bits per heavy atom. The Kier molecular flexibility index (Phi) is 5.43. The Morgan fingerprint density at radius 1 is 1.07 bits per heavy atom. The van der Waals surface area contributed by atoms with Crippen LogP contribution in [-0.2, 0) is 16.4 Å². The van der Waals surface area contributed by atoms with E-state index in [0.717, 1.165) is 45.3 Å². The zero-order chi connectivity index (χ0) is 19.7. The Labute approximate surface area is 166 Å². The van der Waals surface area contributed by atoms with Crippen LogP contribution in [-0.4, -0.2) is 39.2 Å². The van der Waals surface area contributed by atoms with Crippen LogP contribution in [0.3, 0.4) is 0 Å². The summed E-state index contributed by atoms with van der Waals surface area (Å²) in [6.07, 6.45) is 5.56. The van der Waals surface area contributed by atoms with Crippen molar-refractivity contribution in [2.45, 2.75) is 37.5 Å². The van der Waals surface area contributed by atoms with E-state index in [-0.39, 0.29) is 5.82 Å². The van der Waals surface area contributed by atoms with Gasteiger partial charge in [-0.1, -0.05) is 18.2 Å². The molecule has 2 aliphatic rings. The number of aryl methyl sites for hydroxylation is 1. The summed E-state index contributed by atoms with van der Waals surface area (Å²) < 4.78 is 38.8. The first kappa shape index (κ1) is 19.4. The number of hydrogen-bond donors (Lipinski definition) is 1. The predicted molar refractivity (Wildman–Crippen MR) is 111 cm³/mol. The number of nitrogens with zero attached hydrogens (tertiary/aromatic N) is 1. The van der Waals surface area contributed by atoms with Crippen molar-refractivity contribution in [3.8, 4) is 0 Å². The van der Waals surface area contributed by atoms with Crippen LogP contribution in [0.25, 0.3) is 0 Å². The van der Waals surface area contributed by atoms with E-state index in [0.29, 0.717) is 17.5 Å². The van der Waals surface area contributed by atoms with Gasteiger partial charge in [0.15, 0.2) is 0 Å². The molecule has 6 heteroatoms. The minimum absolute atomic E-state index is 0.175. The highest BCUT2D eigenvalue weighted by atomic mass is 32.2. The predicted octanol–water partition coefficient (Wildman–Crippen LogP) is 4.11.